The van der Waals surface area contributed by atoms with Crippen LogP contribution in [0.2, 0.25) is 0 Å². The van der Waals surface area contributed by atoms with Crippen LogP contribution in [0.5, 0.6) is 23.0 Å². The van der Waals surface area contributed by atoms with Gasteiger partial charge in [-0.3, -0.25) is 9.59 Å². The zero-order valence-corrected chi connectivity index (χ0v) is 18.9. The molecule has 0 spiro atoms. The Balaban J connectivity index is 1.61. The number of benzene rings is 3. The lowest BCUT2D eigenvalue weighted by molar-refractivity contribution is -0.134. The predicted octanol–water partition coefficient (Wildman–Crippen LogP) is 4.52. The maximum Gasteiger partial charge on any atom is 0.343 e. The molecule has 3 aromatic rings. The predicted molar refractivity (Wildman–Crippen MR) is 122 cm³/mol. The molecule has 0 heterocycles. The first kappa shape index (κ1) is 24.5. The van der Waals surface area contributed by atoms with E-state index in [-0.39, 0.29) is 12.4 Å². The highest BCUT2D eigenvalue weighted by Crippen LogP contribution is 2.28. The highest BCUT2D eigenvalue weighted by Gasteiger charge is 2.14. The smallest absolute Gasteiger partial charge is 0.343 e. The summed E-state index contributed by atoms with van der Waals surface area (Å²) in [6.07, 6.45) is -0.999. The SMILES string of the molecule is CCC(=O)Oc1ccc(C(=O)Oc2ccc(OC(O)c3ccc(OC(C)=O)cc3)c(C)c2)cc1. The molecule has 3 rings (SSSR count). The number of esters is 3. The standard InChI is InChI=1S/C26H24O8/c1-4-24(28)32-21-11-7-18(8-12-21)25(29)33-22-13-14-23(16(2)15-22)34-26(30)19-5-9-20(10-6-19)31-17(3)27/h5-15,26,30H,4H2,1-3H3. The molecule has 0 aliphatic rings. The van der Waals surface area contributed by atoms with Crippen molar-refractivity contribution in [1.29, 1.82) is 0 Å². The Morgan fingerprint density at radius 3 is 2.00 bits per heavy atom. The normalized spacial score (nSPS) is 11.3. The minimum absolute atomic E-state index is 0.252. The Labute approximate surface area is 196 Å². The van der Waals surface area contributed by atoms with Crippen LogP contribution in [0.1, 0.15) is 48.0 Å². The highest BCUT2D eigenvalue weighted by atomic mass is 16.6. The van der Waals surface area contributed by atoms with Gasteiger partial charge in [0, 0.05) is 18.9 Å². The highest BCUT2D eigenvalue weighted by molar-refractivity contribution is 5.91. The molecule has 0 fully saturated rings. The quantitative estimate of drug-likeness (QED) is 0.294. The van der Waals surface area contributed by atoms with E-state index in [2.05, 4.69) is 0 Å². The molecule has 8 heteroatoms. The number of carbonyl (C=O) groups is 3. The first-order chi connectivity index (χ1) is 16.2. The van der Waals surface area contributed by atoms with Gasteiger partial charge in [-0.15, -0.1) is 0 Å². The van der Waals surface area contributed by atoms with Gasteiger partial charge in [0.1, 0.15) is 23.0 Å². The average Bonchev–Trinajstić information content (AvgIpc) is 2.81. The van der Waals surface area contributed by atoms with Crippen molar-refractivity contribution in [3.63, 3.8) is 0 Å². The zero-order chi connectivity index (χ0) is 24.7. The van der Waals surface area contributed by atoms with Crippen LogP contribution in [0, 0.1) is 6.92 Å². The fraction of sp³-hybridized carbons (Fsp3) is 0.192. The van der Waals surface area contributed by atoms with Crippen molar-refractivity contribution in [2.75, 3.05) is 0 Å². The van der Waals surface area contributed by atoms with E-state index in [0.717, 1.165) is 0 Å². The van der Waals surface area contributed by atoms with Gasteiger partial charge in [-0.25, -0.2) is 4.79 Å². The molecule has 1 N–H and O–H groups in total. The van der Waals surface area contributed by atoms with E-state index in [4.69, 9.17) is 18.9 Å². The summed E-state index contributed by atoms with van der Waals surface area (Å²) in [4.78, 5) is 34.8. The van der Waals surface area contributed by atoms with Crippen molar-refractivity contribution in [3.05, 3.63) is 83.4 Å². The Bertz CT molecular complexity index is 1170. The summed E-state index contributed by atoms with van der Waals surface area (Å²) in [7, 11) is 0. The van der Waals surface area contributed by atoms with E-state index in [9.17, 15) is 19.5 Å². The molecule has 0 aliphatic heterocycles. The number of aliphatic hydroxyl groups excluding tert-OH is 1. The number of ether oxygens (including phenoxy) is 4. The number of hydrogen-bond donors (Lipinski definition) is 1. The van der Waals surface area contributed by atoms with Crippen molar-refractivity contribution in [2.24, 2.45) is 0 Å². The molecular formula is C26H24O8. The molecule has 0 aliphatic carbocycles. The Hall–Kier alpha value is -4.17. The summed E-state index contributed by atoms with van der Waals surface area (Å²) >= 11 is 0. The number of carbonyl (C=O) groups excluding carboxylic acids is 3. The molecular weight excluding hydrogens is 440 g/mol. The second-order valence-corrected chi connectivity index (χ2v) is 7.30. The minimum Gasteiger partial charge on any atom is -0.461 e. The van der Waals surface area contributed by atoms with Crippen molar-refractivity contribution in [3.8, 4) is 23.0 Å². The molecule has 0 aromatic heterocycles. The lowest BCUT2D eigenvalue weighted by atomic mass is 10.2. The number of hydrogen-bond acceptors (Lipinski definition) is 8. The van der Waals surface area contributed by atoms with Crippen LogP contribution in [0.25, 0.3) is 0 Å². The van der Waals surface area contributed by atoms with Gasteiger partial charge in [-0.2, -0.15) is 0 Å². The molecule has 0 amide bonds. The number of aliphatic hydroxyl groups is 1. The van der Waals surface area contributed by atoms with Crippen LogP contribution < -0.4 is 18.9 Å². The van der Waals surface area contributed by atoms with E-state index in [0.29, 0.717) is 39.7 Å². The second-order valence-electron chi connectivity index (χ2n) is 7.30. The van der Waals surface area contributed by atoms with E-state index >= 15 is 0 Å². The molecule has 0 bridgehead atoms. The molecule has 0 saturated heterocycles. The van der Waals surface area contributed by atoms with Gasteiger partial charge < -0.3 is 24.1 Å². The first-order valence-corrected chi connectivity index (χ1v) is 10.5. The number of rotatable bonds is 8. The maximum atomic E-state index is 12.4. The first-order valence-electron chi connectivity index (χ1n) is 10.5. The largest absolute Gasteiger partial charge is 0.461 e. The summed E-state index contributed by atoms with van der Waals surface area (Å²) in [6.45, 7) is 4.75. The van der Waals surface area contributed by atoms with E-state index in [1.54, 1.807) is 56.3 Å². The second kappa shape index (κ2) is 11.1. The molecule has 0 saturated carbocycles. The fourth-order valence-electron chi connectivity index (χ4n) is 2.90. The summed E-state index contributed by atoms with van der Waals surface area (Å²) in [5.41, 5.74) is 1.41. The van der Waals surface area contributed by atoms with E-state index in [1.165, 1.54) is 31.2 Å². The molecule has 34 heavy (non-hydrogen) atoms. The Morgan fingerprint density at radius 1 is 0.824 bits per heavy atom. The summed E-state index contributed by atoms with van der Waals surface area (Å²) < 4.78 is 21.1. The van der Waals surface area contributed by atoms with Crippen LogP contribution in [0.4, 0.5) is 0 Å². The molecule has 1 unspecified atom stereocenters. The fourth-order valence-corrected chi connectivity index (χ4v) is 2.90. The summed E-state index contributed by atoms with van der Waals surface area (Å²) in [6, 6.07) is 17.1. The van der Waals surface area contributed by atoms with Gasteiger partial charge in [-0.1, -0.05) is 6.92 Å². The van der Waals surface area contributed by atoms with Gasteiger partial charge in [0.2, 0.25) is 6.29 Å². The number of aryl methyl sites for hydroxylation is 1. The average molecular weight is 464 g/mol. The van der Waals surface area contributed by atoms with Gasteiger partial charge >= 0.3 is 17.9 Å². The lowest BCUT2D eigenvalue weighted by Gasteiger charge is -2.16. The topological polar surface area (TPSA) is 108 Å². The molecule has 3 aromatic carbocycles. The van der Waals surface area contributed by atoms with E-state index in [1.807, 2.05) is 0 Å². The van der Waals surface area contributed by atoms with E-state index < -0.39 is 18.2 Å². The molecule has 176 valence electrons. The van der Waals surface area contributed by atoms with Gasteiger partial charge in [-0.05, 0) is 79.2 Å². The third kappa shape index (κ3) is 6.66. The zero-order valence-electron chi connectivity index (χ0n) is 18.9. The third-order valence-corrected chi connectivity index (χ3v) is 4.63. The van der Waals surface area contributed by atoms with Crippen molar-refractivity contribution < 1.29 is 38.4 Å². The minimum atomic E-state index is -1.25. The molecule has 1 atom stereocenters. The summed E-state index contributed by atoms with van der Waals surface area (Å²) in [5.74, 6) is 0.0415. The summed E-state index contributed by atoms with van der Waals surface area (Å²) in [5, 5.41) is 10.4. The van der Waals surface area contributed by atoms with Crippen LogP contribution in [-0.2, 0) is 9.59 Å². The van der Waals surface area contributed by atoms with Gasteiger partial charge in [0.25, 0.3) is 0 Å². The van der Waals surface area contributed by atoms with Crippen molar-refractivity contribution in [1.82, 2.24) is 0 Å². The lowest BCUT2D eigenvalue weighted by Crippen LogP contribution is -2.10. The third-order valence-electron chi connectivity index (χ3n) is 4.63. The Morgan fingerprint density at radius 2 is 1.41 bits per heavy atom. The van der Waals surface area contributed by atoms with Gasteiger partial charge in [0.05, 0.1) is 5.56 Å². The Kier molecular flexibility index (Phi) is 8.00. The maximum absolute atomic E-state index is 12.4. The molecule has 8 nitrogen and oxygen atoms in total. The van der Waals surface area contributed by atoms with Gasteiger partial charge in [0.15, 0.2) is 0 Å². The van der Waals surface area contributed by atoms with Crippen molar-refractivity contribution >= 4 is 17.9 Å². The van der Waals surface area contributed by atoms with Crippen LogP contribution >= 0.6 is 0 Å². The van der Waals surface area contributed by atoms with Crippen LogP contribution in [0.15, 0.2) is 66.7 Å². The van der Waals surface area contributed by atoms with Crippen LogP contribution in [0.3, 0.4) is 0 Å². The monoisotopic (exact) mass is 464 g/mol. The molecule has 0 radical (unpaired) electrons. The van der Waals surface area contributed by atoms with Crippen LogP contribution in [-0.4, -0.2) is 23.0 Å². The van der Waals surface area contributed by atoms with Crippen molar-refractivity contribution in [2.45, 2.75) is 33.5 Å².